The van der Waals surface area contributed by atoms with E-state index in [0.717, 1.165) is 11.1 Å². The first-order valence-electron chi connectivity index (χ1n) is 12.5. The summed E-state index contributed by atoms with van der Waals surface area (Å²) in [5, 5.41) is 2.76. The van der Waals surface area contributed by atoms with Gasteiger partial charge >= 0.3 is 0 Å². The number of carbonyl (C=O) groups excluding carboxylic acids is 1. The summed E-state index contributed by atoms with van der Waals surface area (Å²) in [4.78, 5) is 38.3. The number of pyridine rings is 3. The molecule has 0 aliphatic heterocycles. The average molecular weight is 523 g/mol. The molecule has 8 heteroatoms. The minimum absolute atomic E-state index is 0.0465. The van der Waals surface area contributed by atoms with Crippen LogP contribution in [0.25, 0.3) is 22.2 Å². The van der Waals surface area contributed by atoms with Crippen LogP contribution in [0.3, 0.4) is 0 Å². The van der Waals surface area contributed by atoms with E-state index < -0.39 is 11.3 Å². The SMILES string of the molecule is Cc1cc(F)ccc1-c1c(C)[nH]cc(C(=O)Nc2ccc(Oc3ccnc4cc(C(C)C)cnc34)cc2)c1=O. The Balaban J connectivity index is 1.36. The monoisotopic (exact) mass is 522 g/mol. The second-order valence-electron chi connectivity index (χ2n) is 9.67. The molecule has 0 bridgehead atoms. The van der Waals surface area contributed by atoms with Crippen molar-refractivity contribution in [2.75, 3.05) is 5.32 Å². The Morgan fingerprint density at radius 3 is 2.51 bits per heavy atom. The van der Waals surface area contributed by atoms with Crippen LogP contribution >= 0.6 is 0 Å². The van der Waals surface area contributed by atoms with Gasteiger partial charge in [-0.1, -0.05) is 19.9 Å². The summed E-state index contributed by atoms with van der Waals surface area (Å²) in [5.41, 5.74) is 4.62. The molecule has 196 valence electrons. The predicted octanol–water partition coefficient (Wildman–Crippen LogP) is 6.91. The summed E-state index contributed by atoms with van der Waals surface area (Å²) in [6.45, 7) is 7.67. The van der Waals surface area contributed by atoms with Crippen LogP contribution in [0.5, 0.6) is 11.5 Å². The molecule has 0 atom stereocenters. The van der Waals surface area contributed by atoms with Gasteiger partial charge in [-0.05, 0) is 78.9 Å². The van der Waals surface area contributed by atoms with Crippen LogP contribution in [0, 0.1) is 19.7 Å². The topological polar surface area (TPSA) is 97.0 Å². The van der Waals surface area contributed by atoms with Crippen LogP contribution in [0.1, 0.15) is 46.9 Å². The van der Waals surface area contributed by atoms with Crippen molar-refractivity contribution in [3.05, 3.63) is 112 Å². The fraction of sp³-hybridized carbons (Fsp3) is 0.161. The summed E-state index contributed by atoms with van der Waals surface area (Å²) in [5.74, 6) is 0.515. The standard InChI is InChI=1S/C31H27FN4O3/c1-17(2)20-14-26-29(35-15-20)27(11-12-33-26)39-23-8-6-22(7-9-23)36-31(38)25-16-34-19(4)28(30(25)37)24-10-5-21(32)13-18(24)3/h5-17H,1-4H3,(H,34,37)(H,36,38). The van der Waals surface area contributed by atoms with Gasteiger partial charge in [-0.3, -0.25) is 19.6 Å². The molecule has 0 saturated carbocycles. The molecule has 0 saturated heterocycles. The van der Waals surface area contributed by atoms with Gasteiger partial charge in [0.15, 0.2) is 5.75 Å². The Morgan fingerprint density at radius 1 is 1.03 bits per heavy atom. The van der Waals surface area contributed by atoms with E-state index >= 15 is 0 Å². The minimum atomic E-state index is -0.559. The third kappa shape index (κ3) is 5.27. The van der Waals surface area contributed by atoms with Gasteiger partial charge in [-0.25, -0.2) is 4.39 Å². The Hall–Kier alpha value is -4.85. The molecule has 2 aromatic carbocycles. The number of aromatic amines is 1. The summed E-state index contributed by atoms with van der Waals surface area (Å²) in [6.07, 6.45) is 4.90. The van der Waals surface area contributed by atoms with E-state index in [-0.39, 0.29) is 11.4 Å². The maximum Gasteiger partial charge on any atom is 0.261 e. The number of anilines is 1. The molecule has 0 radical (unpaired) electrons. The van der Waals surface area contributed by atoms with Crippen LogP contribution in [0.15, 0.2) is 78.0 Å². The van der Waals surface area contributed by atoms with Gasteiger partial charge < -0.3 is 15.0 Å². The minimum Gasteiger partial charge on any atom is -0.455 e. The van der Waals surface area contributed by atoms with Crippen LogP contribution in [0.4, 0.5) is 10.1 Å². The number of hydrogen-bond donors (Lipinski definition) is 2. The number of nitrogens with zero attached hydrogens (tertiary/aromatic N) is 2. The number of nitrogens with one attached hydrogen (secondary N) is 2. The van der Waals surface area contributed by atoms with E-state index in [9.17, 15) is 14.0 Å². The number of fused-ring (bicyclic) bond motifs is 1. The van der Waals surface area contributed by atoms with Gasteiger partial charge in [0.25, 0.3) is 5.91 Å². The number of carbonyl (C=O) groups is 1. The maximum atomic E-state index is 13.6. The largest absolute Gasteiger partial charge is 0.455 e. The summed E-state index contributed by atoms with van der Waals surface area (Å²) in [7, 11) is 0. The molecule has 0 aliphatic rings. The number of benzene rings is 2. The Bertz CT molecular complexity index is 1760. The van der Waals surface area contributed by atoms with Gasteiger partial charge in [0.05, 0.1) is 5.52 Å². The number of amides is 1. The number of H-pyrrole nitrogens is 1. The zero-order valence-electron chi connectivity index (χ0n) is 22.0. The molecule has 2 N–H and O–H groups in total. The summed E-state index contributed by atoms with van der Waals surface area (Å²) >= 11 is 0. The Kier molecular flexibility index (Phi) is 6.94. The molecule has 0 spiro atoms. The van der Waals surface area contributed by atoms with Crippen molar-refractivity contribution in [2.45, 2.75) is 33.6 Å². The molecular weight excluding hydrogens is 495 g/mol. The quantitative estimate of drug-likeness (QED) is 0.253. The molecule has 5 rings (SSSR count). The molecule has 5 aromatic rings. The molecule has 7 nitrogen and oxygen atoms in total. The summed E-state index contributed by atoms with van der Waals surface area (Å²) in [6, 6.07) is 14.8. The van der Waals surface area contributed by atoms with Crippen molar-refractivity contribution in [1.82, 2.24) is 15.0 Å². The van der Waals surface area contributed by atoms with E-state index in [2.05, 4.69) is 34.1 Å². The first-order valence-corrected chi connectivity index (χ1v) is 12.5. The van der Waals surface area contributed by atoms with Crippen LogP contribution in [0.2, 0.25) is 0 Å². The molecule has 3 aromatic heterocycles. The van der Waals surface area contributed by atoms with Crippen molar-refractivity contribution in [1.29, 1.82) is 0 Å². The molecule has 3 heterocycles. The first-order chi connectivity index (χ1) is 18.7. The van der Waals surface area contributed by atoms with E-state index in [0.29, 0.717) is 51.0 Å². The number of aromatic nitrogens is 3. The summed E-state index contributed by atoms with van der Waals surface area (Å²) < 4.78 is 19.7. The lowest BCUT2D eigenvalue weighted by Gasteiger charge is -2.12. The highest BCUT2D eigenvalue weighted by atomic mass is 19.1. The highest BCUT2D eigenvalue weighted by Gasteiger charge is 2.18. The molecule has 0 aliphatic carbocycles. The normalized spacial score (nSPS) is 11.1. The van der Waals surface area contributed by atoms with Crippen molar-refractivity contribution < 1.29 is 13.9 Å². The van der Waals surface area contributed by atoms with E-state index in [1.807, 2.05) is 12.3 Å². The second kappa shape index (κ2) is 10.5. The smallest absolute Gasteiger partial charge is 0.261 e. The third-order valence-corrected chi connectivity index (χ3v) is 6.55. The second-order valence-corrected chi connectivity index (χ2v) is 9.67. The first kappa shape index (κ1) is 25.8. The van der Waals surface area contributed by atoms with Crippen molar-refractivity contribution in [2.24, 2.45) is 0 Å². The Morgan fingerprint density at radius 2 is 1.79 bits per heavy atom. The van der Waals surface area contributed by atoms with Crippen molar-refractivity contribution in [3.63, 3.8) is 0 Å². The molecule has 39 heavy (non-hydrogen) atoms. The van der Waals surface area contributed by atoms with Crippen molar-refractivity contribution in [3.8, 4) is 22.6 Å². The Labute approximate surface area is 224 Å². The van der Waals surface area contributed by atoms with Crippen LogP contribution in [-0.4, -0.2) is 20.9 Å². The number of hydrogen-bond acceptors (Lipinski definition) is 5. The van der Waals surface area contributed by atoms with Gasteiger partial charge in [-0.2, -0.15) is 0 Å². The predicted molar refractivity (Wildman–Crippen MR) is 150 cm³/mol. The molecular formula is C31H27FN4O3. The zero-order chi connectivity index (χ0) is 27.7. The van der Waals surface area contributed by atoms with Gasteiger partial charge in [0, 0.05) is 41.6 Å². The van der Waals surface area contributed by atoms with E-state index in [1.165, 1.54) is 18.3 Å². The number of ether oxygens (including phenoxy) is 1. The lowest BCUT2D eigenvalue weighted by atomic mass is 9.97. The van der Waals surface area contributed by atoms with E-state index in [4.69, 9.17) is 4.74 Å². The zero-order valence-corrected chi connectivity index (χ0v) is 22.0. The molecule has 0 unspecified atom stereocenters. The lowest BCUT2D eigenvalue weighted by molar-refractivity contribution is 0.102. The van der Waals surface area contributed by atoms with Crippen LogP contribution < -0.4 is 15.5 Å². The number of aryl methyl sites for hydroxylation is 2. The fourth-order valence-electron chi connectivity index (χ4n) is 4.37. The fourth-order valence-corrected chi connectivity index (χ4v) is 4.37. The van der Waals surface area contributed by atoms with Gasteiger partial charge in [0.2, 0.25) is 5.43 Å². The van der Waals surface area contributed by atoms with Gasteiger partial charge in [0.1, 0.15) is 22.6 Å². The number of halogens is 1. The van der Waals surface area contributed by atoms with E-state index in [1.54, 1.807) is 56.4 Å². The average Bonchev–Trinajstić information content (AvgIpc) is 2.90. The highest BCUT2D eigenvalue weighted by molar-refractivity contribution is 6.04. The van der Waals surface area contributed by atoms with Gasteiger partial charge in [-0.15, -0.1) is 0 Å². The third-order valence-electron chi connectivity index (χ3n) is 6.55. The number of rotatable bonds is 6. The maximum absolute atomic E-state index is 13.6. The van der Waals surface area contributed by atoms with Crippen LogP contribution in [-0.2, 0) is 0 Å². The molecule has 1 amide bonds. The molecule has 0 fully saturated rings. The van der Waals surface area contributed by atoms with Crippen molar-refractivity contribution >= 4 is 22.6 Å². The lowest BCUT2D eigenvalue weighted by Crippen LogP contribution is -2.24. The highest BCUT2D eigenvalue weighted by Crippen LogP contribution is 2.30.